The number of hydrogen-bond acceptors (Lipinski definition) is 6. The van der Waals surface area contributed by atoms with Crippen LogP contribution in [0.2, 0.25) is 0 Å². The summed E-state index contributed by atoms with van der Waals surface area (Å²) < 4.78 is 5.36. The van der Waals surface area contributed by atoms with Gasteiger partial charge in [-0.3, -0.25) is 9.69 Å². The predicted octanol–water partition coefficient (Wildman–Crippen LogP) is 2.74. The van der Waals surface area contributed by atoms with Gasteiger partial charge in [-0.15, -0.1) is 10.2 Å². The minimum atomic E-state index is -0.276. The highest BCUT2D eigenvalue weighted by molar-refractivity contribution is 5.92. The Bertz CT molecular complexity index is 891. The van der Waals surface area contributed by atoms with Crippen molar-refractivity contribution in [2.75, 3.05) is 22.9 Å². The summed E-state index contributed by atoms with van der Waals surface area (Å²) in [6.45, 7) is 5.64. The average molecular weight is 395 g/mol. The summed E-state index contributed by atoms with van der Waals surface area (Å²) in [6.07, 6.45) is 1.34. The molecule has 0 unspecified atom stereocenters. The number of hydrogen-bond donors (Lipinski definition) is 1. The molecular weight excluding hydrogens is 370 g/mol. The Morgan fingerprint density at radius 2 is 1.90 bits per heavy atom. The lowest BCUT2D eigenvalue weighted by Gasteiger charge is -2.40. The Labute approximate surface area is 169 Å². The molecule has 1 saturated heterocycles. The molecule has 0 bridgehead atoms. The number of rotatable bonds is 4. The van der Waals surface area contributed by atoms with Crippen LogP contribution in [0.3, 0.4) is 0 Å². The number of nitrogens with zero attached hydrogens (tertiary/aromatic N) is 4. The van der Waals surface area contributed by atoms with Crippen molar-refractivity contribution in [1.82, 2.24) is 15.5 Å². The Kier molecular flexibility index (Phi) is 5.33. The van der Waals surface area contributed by atoms with E-state index in [2.05, 4.69) is 20.4 Å². The largest absolute Gasteiger partial charge is 0.444 e. The number of ether oxygens (including phenoxy) is 1. The van der Waals surface area contributed by atoms with Gasteiger partial charge in [-0.05, 0) is 44.9 Å². The number of aromatic nitrogens is 2. The zero-order chi connectivity index (χ0) is 20.4. The first-order chi connectivity index (χ1) is 14.0. The van der Waals surface area contributed by atoms with E-state index in [1.165, 1.54) is 0 Å². The molecule has 8 heteroatoms. The molecule has 1 aromatic heterocycles. The van der Waals surface area contributed by atoms with Crippen LogP contribution in [0.15, 0.2) is 36.4 Å². The maximum absolute atomic E-state index is 12.4. The summed E-state index contributed by atoms with van der Waals surface area (Å²) in [6, 6.07) is 11.6. The second-order valence-corrected chi connectivity index (χ2v) is 7.68. The summed E-state index contributed by atoms with van der Waals surface area (Å²) in [5.74, 6) is 0.520. The lowest BCUT2D eigenvalue weighted by atomic mass is 10.0. The highest BCUT2D eigenvalue weighted by Gasteiger charge is 2.34. The molecule has 8 nitrogen and oxygen atoms in total. The number of carbonyl (C=O) groups excluding carboxylic acids is 2. The van der Waals surface area contributed by atoms with Crippen LogP contribution >= 0.6 is 0 Å². The van der Waals surface area contributed by atoms with Crippen LogP contribution in [-0.4, -0.2) is 47.4 Å². The maximum Gasteiger partial charge on any atom is 0.414 e. The van der Waals surface area contributed by atoms with Gasteiger partial charge >= 0.3 is 6.09 Å². The number of carbonyl (C=O) groups is 2. The lowest BCUT2D eigenvalue weighted by molar-refractivity contribution is 0.0937. The second-order valence-electron chi connectivity index (χ2n) is 7.68. The fourth-order valence-corrected chi connectivity index (χ4v) is 3.83. The second kappa shape index (κ2) is 8.06. The third-order valence-electron chi connectivity index (χ3n) is 5.26. The van der Waals surface area contributed by atoms with Crippen molar-refractivity contribution in [3.05, 3.63) is 47.7 Å². The number of amides is 2. The van der Waals surface area contributed by atoms with Crippen molar-refractivity contribution in [1.29, 1.82) is 0 Å². The Morgan fingerprint density at radius 1 is 1.14 bits per heavy atom. The Morgan fingerprint density at radius 3 is 2.59 bits per heavy atom. The molecule has 2 aliphatic rings. The zero-order valence-corrected chi connectivity index (χ0v) is 16.7. The molecule has 4 rings (SSSR count). The molecule has 29 heavy (non-hydrogen) atoms. The number of anilines is 2. The smallest absolute Gasteiger partial charge is 0.414 e. The molecule has 2 aliphatic heterocycles. The first-order valence-electron chi connectivity index (χ1n) is 9.96. The molecule has 1 fully saturated rings. The highest BCUT2D eigenvalue weighted by Crippen LogP contribution is 2.32. The van der Waals surface area contributed by atoms with Gasteiger partial charge in [0, 0.05) is 30.7 Å². The highest BCUT2D eigenvalue weighted by atomic mass is 16.6. The normalized spacial score (nSPS) is 17.1. The average Bonchev–Trinajstić information content (AvgIpc) is 2.73. The SMILES string of the molecule is CC(C)NC(=O)c1ccc(N2CCC(N3C(=O)OCc4ccccc43)CC2)nn1. The monoisotopic (exact) mass is 395 g/mol. The molecule has 0 saturated carbocycles. The summed E-state index contributed by atoms with van der Waals surface area (Å²) in [4.78, 5) is 28.4. The minimum absolute atomic E-state index is 0.0506. The number of para-hydroxylation sites is 1. The molecule has 0 aliphatic carbocycles. The number of cyclic esters (lactones) is 1. The molecule has 1 aromatic carbocycles. The van der Waals surface area contributed by atoms with Gasteiger partial charge in [-0.1, -0.05) is 18.2 Å². The van der Waals surface area contributed by atoms with Crippen molar-refractivity contribution in [3.8, 4) is 0 Å². The summed E-state index contributed by atoms with van der Waals surface area (Å²) >= 11 is 0. The third-order valence-corrected chi connectivity index (χ3v) is 5.26. The fraction of sp³-hybridized carbons (Fsp3) is 0.429. The maximum atomic E-state index is 12.4. The predicted molar refractivity (Wildman–Crippen MR) is 109 cm³/mol. The zero-order valence-electron chi connectivity index (χ0n) is 16.7. The molecule has 2 amide bonds. The van der Waals surface area contributed by atoms with Crippen LogP contribution in [0.1, 0.15) is 42.7 Å². The van der Waals surface area contributed by atoms with Crippen molar-refractivity contribution >= 4 is 23.5 Å². The first kappa shape index (κ1) is 19.2. The van der Waals surface area contributed by atoms with Gasteiger partial charge in [-0.25, -0.2) is 4.79 Å². The summed E-state index contributed by atoms with van der Waals surface area (Å²) in [7, 11) is 0. The topological polar surface area (TPSA) is 87.7 Å². The van der Waals surface area contributed by atoms with E-state index in [9.17, 15) is 9.59 Å². The van der Waals surface area contributed by atoms with E-state index in [1.54, 1.807) is 11.0 Å². The number of nitrogens with one attached hydrogen (secondary N) is 1. The van der Waals surface area contributed by atoms with Crippen molar-refractivity contribution in [3.63, 3.8) is 0 Å². The molecule has 0 spiro atoms. The van der Waals surface area contributed by atoms with Gasteiger partial charge in [0.05, 0.1) is 5.69 Å². The Balaban J connectivity index is 1.41. The number of fused-ring (bicyclic) bond motifs is 1. The van der Waals surface area contributed by atoms with Crippen LogP contribution < -0.4 is 15.1 Å². The van der Waals surface area contributed by atoms with Gasteiger partial charge in [0.15, 0.2) is 11.5 Å². The van der Waals surface area contributed by atoms with E-state index in [0.717, 1.165) is 43.0 Å². The first-order valence-corrected chi connectivity index (χ1v) is 9.96. The minimum Gasteiger partial charge on any atom is -0.444 e. The van der Waals surface area contributed by atoms with Gasteiger partial charge in [0.2, 0.25) is 0 Å². The van der Waals surface area contributed by atoms with E-state index in [-0.39, 0.29) is 24.1 Å². The molecule has 1 N–H and O–H groups in total. The number of benzene rings is 1. The van der Waals surface area contributed by atoms with Crippen molar-refractivity contribution < 1.29 is 14.3 Å². The van der Waals surface area contributed by atoms with Crippen molar-refractivity contribution in [2.45, 2.75) is 45.4 Å². The summed E-state index contributed by atoms with van der Waals surface area (Å²) in [5.41, 5.74) is 2.29. The molecule has 3 heterocycles. The molecule has 0 radical (unpaired) electrons. The van der Waals surface area contributed by atoms with Crippen LogP contribution in [0, 0.1) is 0 Å². The fourth-order valence-electron chi connectivity index (χ4n) is 3.83. The van der Waals surface area contributed by atoms with Crippen LogP contribution in [-0.2, 0) is 11.3 Å². The van der Waals surface area contributed by atoms with Crippen molar-refractivity contribution in [2.24, 2.45) is 0 Å². The third kappa shape index (κ3) is 4.01. The van der Waals surface area contributed by atoms with E-state index < -0.39 is 0 Å². The van der Waals surface area contributed by atoms with Gasteiger partial charge in [0.1, 0.15) is 6.61 Å². The van der Waals surface area contributed by atoms with Crippen LogP contribution in [0.4, 0.5) is 16.3 Å². The molecule has 2 aromatic rings. The van der Waals surface area contributed by atoms with Gasteiger partial charge in [-0.2, -0.15) is 0 Å². The van der Waals surface area contributed by atoms with Crippen LogP contribution in [0.5, 0.6) is 0 Å². The van der Waals surface area contributed by atoms with Gasteiger partial charge in [0.25, 0.3) is 5.91 Å². The lowest BCUT2D eigenvalue weighted by Crippen LogP contribution is -2.49. The molecule has 152 valence electrons. The summed E-state index contributed by atoms with van der Waals surface area (Å²) in [5, 5.41) is 11.1. The van der Waals surface area contributed by atoms with E-state index in [0.29, 0.717) is 12.3 Å². The van der Waals surface area contributed by atoms with Gasteiger partial charge < -0.3 is 15.0 Å². The molecular formula is C21H25N5O3. The van der Waals surface area contributed by atoms with E-state index in [1.807, 2.05) is 44.2 Å². The van der Waals surface area contributed by atoms with E-state index >= 15 is 0 Å². The van der Waals surface area contributed by atoms with E-state index in [4.69, 9.17) is 4.74 Å². The quantitative estimate of drug-likeness (QED) is 0.857. The number of piperidine rings is 1. The Hall–Kier alpha value is -3.16. The molecule has 0 atom stereocenters. The van der Waals surface area contributed by atoms with Crippen LogP contribution in [0.25, 0.3) is 0 Å². The standard InChI is InChI=1S/C21H25N5O3/c1-14(2)22-20(27)17-7-8-19(24-23-17)25-11-9-16(10-12-25)26-18-6-4-3-5-15(18)13-29-21(26)28/h3-8,14,16H,9-13H2,1-2H3,(H,22,27).